The second kappa shape index (κ2) is 5.50. The summed E-state index contributed by atoms with van der Waals surface area (Å²) < 4.78 is 29.1. The number of nitrogen functional groups attached to an aromatic ring is 1. The van der Waals surface area contributed by atoms with E-state index in [1.54, 1.807) is 0 Å². The zero-order valence-electron chi connectivity index (χ0n) is 7.81. The molecule has 0 atom stereocenters. The summed E-state index contributed by atoms with van der Waals surface area (Å²) in [4.78, 5) is 11.0. The number of alkyl halides is 2. The summed E-state index contributed by atoms with van der Waals surface area (Å²) in [7, 11) is 1.16. The van der Waals surface area contributed by atoms with Gasteiger partial charge in [0.2, 0.25) is 0 Å². The summed E-state index contributed by atoms with van der Waals surface area (Å²) >= 11 is 0. The van der Waals surface area contributed by atoms with Crippen LogP contribution in [-0.2, 0) is 11.3 Å². The monoisotopic (exact) mass is 241 g/mol. The zero-order valence-corrected chi connectivity index (χ0v) is 8.63. The number of carbonyl (C=O) groups excluding carboxylic acids is 1. The first-order valence-electron chi connectivity index (χ1n) is 3.74. The zero-order chi connectivity index (χ0) is 10.7. The Morgan fingerprint density at radius 2 is 2.33 bits per heavy atom. The van der Waals surface area contributed by atoms with Crippen LogP contribution in [0, 0.1) is 0 Å². The fourth-order valence-corrected chi connectivity index (χ4v) is 0.927. The Morgan fingerprint density at radius 3 is 2.80 bits per heavy atom. The summed E-state index contributed by atoms with van der Waals surface area (Å²) in [6.45, 7) is -0.596. The number of methoxy groups -OCH3 is 1. The summed E-state index contributed by atoms with van der Waals surface area (Å²) in [6, 6.07) is 0. The van der Waals surface area contributed by atoms with Crippen LogP contribution in [0.1, 0.15) is 10.5 Å². The number of halogens is 3. The van der Waals surface area contributed by atoms with E-state index in [0.29, 0.717) is 0 Å². The highest BCUT2D eigenvalue weighted by atomic mass is 35.5. The van der Waals surface area contributed by atoms with Crippen LogP contribution in [0.4, 0.5) is 14.5 Å². The molecule has 0 aliphatic rings. The van der Waals surface area contributed by atoms with Gasteiger partial charge in [-0.2, -0.15) is 5.10 Å². The first kappa shape index (κ1) is 13.6. The standard InChI is InChI=1S/C7H9F2N3O2.ClH/c1-14-7(13)6-4(10)2-12(11-6)3-5(8)9;/h2,5H,3,10H2,1H3;1H. The topological polar surface area (TPSA) is 70.1 Å². The maximum atomic E-state index is 11.9. The highest BCUT2D eigenvalue weighted by Gasteiger charge is 2.16. The lowest BCUT2D eigenvalue weighted by Crippen LogP contribution is -2.09. The number of rotatable bonds is 3. The molecule has 0 aliphatic heterocycles. The van der Waals surface area contributed by atoms with Gasteiger partial charge in [-0.15, -0.1) is 12.4 Å². The van der Waals surface area contributed by atoms with Crippen LogP contribution < -0.4 is 5.73 Å². The molecule has 8 heteroatoms. The Kier molecular flexibility index (Phi) is 4.99. The van der Waals surface area contributed by atoms with Gasteiger partial charge in [0.1, 0.15) is 6.54 Å². The van der Waals surface area contributed by atoms with Crippen LogP contribution in [0.15, 0.2) is 6.20 Å². The molecule has 1 aromatic heterocycles. The third-order valence-corrected chi connectivity index (χ3v) is 1.49. The van der Waals surface area contributed by atoms with Gasteiger partial charge in [0, 0.05) is 6.20 Å². The van der Waals surface area contributed by atoms with Gasteiger partial charge in [0.05, 0.1) is 12.8 Å². The molecule has 5 nitrogen and oxygen atoms in total. The van der Waals surface area contributed by atoms with E-state index in [-0.39, 0.29) is 23.8 Å². The third-order valence-electron chi connectivity index (χ3n) is 1.49. The van der Waals surface area contributed by atoms with Crippen molar-refractivity contribution in [3.05, 3.63) is 11.9 Å². The van der Waals surface area contributed by atoms with Gasteiger partial charge in [-0.1, -0.05) is 0 Å². The van der Waals surface area contributed by atoms with Crippen molar-refractivity contribution in [1.29, 1.82) is 0 Å². The fraction of sp³-hybridized carbons (Fsp3) is 0.429. The van der Waals surface area contributed by atoms with E-state index in [1.165, 1.54) is 6.20 Å². The lowest BCUT2D eigenvalue weighted by Gasteiger charge is -1.97. The molecule has 0 unspecified atom stereocenters. The molecule has 0 aromatic carbocycles. The van der Waals surface area contributed by atoms with Gasteiger partial charge < -0.3 is 10.5 Å². The molecule has 1 rings (SSSR count). The van der Waals surface area contributed by atoms with E-state index in [2.05, 4.69) is 9.84 Å². The maximum Gasteiger partial charge on any atom is 0.360 e. The molecule has 0 amide bonds. The molecule has 2 N–H and O–H groups in total. The SMILES string of the molecule is COC(=O)c1nn(CC(F)F)cc1N.Cl. The first-order chi connectivity index (χ1) is 6.54. The third kappa shape index (κ3) is 3.35. The average Bonchev–Trinajstić information content (AvgIpc) is 2.44. The van der Waals surface area contributed by atoms with Crippen LogP contribution in [0.3, 0.4) is 0 Å². The molecule has 0 saturated carbocycles. The number of aromatic nitrogens is 2. The van der Waals surface area contributed by atoms with Crippen LogP contribution >= 0.6 is 12.4 Å². The van der Waals surface area contributed by atoms with Crippen molar-refractivity contribution in [2.45, 2.75) is 13.0 Å². The maximum absolute atomic E-state index is 11.9. The van der Waals surface area contributed by atoms with Crippen molar-refractivity contribution in [2.75, 3.05) is 12.8 Å². The number of nitrogens with zero attached hydrogens (tertiary/aromatic N) is 2. The Morgan fingerprint density at radius 1 is 1.73 bits per heavy atom. The van der Waals surface area contributed by atoms with Gasteiger partial charge >= 0.3 is 5.97 Å². The minimum Gasteiger partial charge on any atom is -0.464 e. The first-order valence-corrected chi connectivity index (χ1v) is 3.74. The van der Waals surface area contributed by atoms with Gasteiger partial charge in [-0.05, 0) is 0 Å². The number of carbonyl (C=O) groups is 1. The molecule has 15 heavy (non-hydrogen) atoms. The second-order valence-corrected chi connectivity index (χ2v) is 2.54. The van der Waals surface area contributed by atoms with Gasteiger partial charge in [-0.3, -0.25) is 4.68 Å². The normalized spacial score (nSPS) is 9.87. The molecule has 0 fully saturated rings. The highest BCUT2D eigenvalue weighted by molar-refractivity contribution is 5.92. The van der Waals surface area contributed by atoms with Crippen LogP contribution in [-0.4, -0.2) is 29.3 Å². The molecule has 0 radical (unpaired) electrons. The molecule has 1 heterocycles. The van der Waals surface area contributed by atoms with Crippen molar-refractivity contribution in [3.8, 4) is 0 Å². The van der Waals surface area contributed by atoms with Crippen molar-refractivity contribution >= 4 is 24.1 Å². The van der Waals surface area contributed by atoms with Crippen molar-refractivity contribution < 1.29 is 18.3 Å². The molecule has 0 spiro atoms. The summed E-state index contributed by atoms with van der Waals surface area (Å²) in [5, 5.41) is 3.56. The lowest BCUT2D eigenvalue weighted by molar-refractivity contribution is 0.0591. The van der Waals surface area contributed by atoms with E-state index >= 15 is 0 Å². The average molecular weight is 242 g/mol. The van der Waals surface area contributed by atoms with Crippen LogP contribution in [0.2, 0.25) is 0 Å². The van der Waals surface area contributed by atoms with Crippen LogP contribution in [0.5, 0.6) is 0 Å². The molecule has 0 aliphatic carbocycles. The largest absolute Gasteiger partial charge is 0.464 e. The minimum atomic E-state index is -2.54. The smallest absolute Gasteiger partial charge is 0.360 e. The van der Waals surface area contributed by atoms with Gasteiger partial charge in [0.15, 0.2) is 5.69 Å². The van der Waals surface area contributed by atoms with Crippen molar-refractivity contribution in [3.63, 3.8) is 0 Å². The molecular formula is C7H10ClF2N3O2. The Balaban J connectivity index is 0.00000196. The lowest BCUT2D eigenvalue weighted by atomic mass is 10.4. The summed E-state index contributed by atoms with van der Waals surface area (Å²) in [5.74, 6) is -0.740. The Labute approximate surface area is 90.6 Å². The predicted molar refractivity (Wildman–Crippen MR) is 51.2 cm³/mol. The summed E-state index contributed by atoms with van der Waals surface area (Å²) in [5.41, 5.74) is 5.24. The fourth-order valence-electron chi connectivity index (χ4n) is 0.927. The van der Waals surface area contributed by atoms with Crippen molar-refractivity contribution in [2.24, 2.45) is 0 Å². The molecule has 1 aromatic rings. The number of hydrogen-bond donors (Lipinski definition) is 1. The number of nitrogens with two attached hydrogens (primary N) is 1. The number of esters is 1. The van der Waals surface area contributed by atoms with E-state index in [4.69, 9.17) is 5.73 Å². The molecule has 86 valence electrons. The second-order valence-electron chi connectivity index (χ2n) is 2.54. The summed E-state index contributed by atoms with van der Waals surface area (Å²) in [6.07, 6.45) is -1.38. The van der Waals surface area contributed by atoms with E-state index < -0.39 is 18.9 Å². The highest BCUT2D eigenvalue weighted by Crippen LogP contribution is 2.11. The minimum absolute atomic E-state index is 0. The quantitative estimate of drug-likeness (QED) is 0.800. The molecule has 0 saturated heterocycles. The Hall–Kier alpha value is -1.37. The van der Waals surface area contributed by atoms with Crippen LogP contribution in [0.25, 0.3) is 0 Å². The number of ether oxygens (including phenoxy) is 1. The van der Waals surface area contributed by atoms with E-state index in [9.17, 15) is 13.6 Å². The molecule has 0 bridgehead atoms. The number of anilines is 1. The van der Waals surface area contributed by atoms with E-state index in [0.717, 1.165) is 11.8 Å². The van der Waals surface area contributed by atoms with Gasteiger partial charge in [-0.25, -0.2) is 13.6 Å². The van der Waals surface area contributed by atoms with Crippen molar-refractivity contribution in [1.82, 2.24) is 9.78 Å². The number of hydrogen-bond acceptors (Lipinski definition) is 4. The molecular weight excluding hydrogens is 232 g/mol. The van der Waals surface area contributed by atoms with Gasteiger partial charge in [0.25, 0.3) is 6.43 Å². The Bertz CT molecular complexity index is 343. The predicted octanol–water partition coefficient (Wildman–Crippen LogP) is 0.939. The van der Waals surface area contributed by atoms with E-state index in [1.807, 2.05) is 0 Å².